The summed E-state index contributed by atoms with van der Waals surface area (Å²) in [5, 5.41) is 0. The zero-order valence-corrected chi connectivity index (χ0v) is 15.6. The lowest BCUT2D eigenvalue weighted by Crippen LogP contribution is -2.36. The third-order valence-electron chi connectivity index (χ3n) is 4.82. The second-order valence-electron chi connectivity index (χ2n) is 6.49. The maximum absolute atomic E-state index is 13.1. The van der Waals surface area contributed by atoms with Gasteiger partial charge in [0.1, 0.15) is 5.82 Å². The topological polar surface area (TPSA) is 64.8 Å². The van der Waals surface area contributed by atoms with Gasteiger partial charge in [0, 0.05) is 18.7 Å². The molecule has 7 heteroatoms. The van der Waals surface area contributed by atoms with Crippen molar-refractivity contribution in [2.75, 3.05) is 20.8 Å². The summed E-state index contributed by atoms with van der Waals surface area (Å²) in [5.41, 5.74) is 2.79. The highest BCUT2D eigenvalue weighted by Crippen LogP contribution is 2.33. The minimum absolute atomic E-state index is 0.0169. The van der Waals surface area contributed by atoms with Crippen LogP contribution in [0.4, 0.5) is 4.39 Å². The van der Waals surface area contributed by atoms with E-state index in [1.165, 1.54) is 18.3 Å². The first-order chi connectivity index (χ1) is 13.6. The van der Waals surface area contributed by atoms with Crippen LogP contribution in [0.3, 0.4) is 0 Å². The lowest BCUT2D eigenvalue weighted by Gasteiger charge is -2.28. The fourth-order valence-electron chi connectivity index (χ4n) is 3.31. The Balaban J connectivity index is 1.54. The molecule has 4 rings (SSSR count). The average Bonchev–Trinajstić information content (AvgIpc) is 3.22. The number of methoxy groups -OCH3 is 2. The fourth-order valence-corrected chi connectivity index (χ4v) is 3.31. The molecule has 0 atom stereocenters. The van der Waals surface area contributed by atoms with Crippen LogP contribution in [0.2, 0.25) is 0 Å². The molecule has 144 valence electrons. The highest BCUT2D eigenvalue weighted by Gasteiger charge is 2.26. The van der Waals surface area contributed by atoms with Crippen LogP contribution >= 0.6 is 0 Å². The number of aromatic nitrogens is 1. The summed E-state index contributed by atoms with van der Waals surface area (Å²) in [6.07, 6.45) is 2.18. The Bertz CT molecular complexity index is 1010. The molecule has 1 aliphatic rings. The highest BCUT2D eigenvalue weighted by molar-refractivity contribution is 5.90. The third kappa shape index (κ3) is 3.31. The first-order valence-corrected chi connectivity index (χ1v) is 8.84. The molecule has 28 heavy (non-hydrogen) atoms. The quantitative estimate of drug-likeness (QED) is 0.689. The van der Waals surface area contributed by atoms with Gasteiger partial charge in [0.2, 0.25) is 0 Å². The molecule has 1 aliphatic heterocycles. The number of halogens is 1. The number of oxazole rings is 1. The molecule has 1 aromatic heterocycles. The Labute approximate surface area is 161 Å². The molecule has 2 aromatic carbocycles. The Hall–Kier alpha value is -3.35. The summed E-state index contributed by atoms with van der Waals surface area (Å²) in [5.74, 6) is 1.13. The number of nitrogens with zero attached hydrogens (tertiary/aromatic N) is 2. The Kier molecular flexibility index (Phi) is 4.73. The summed E-state index contributed by atoms with van der Waals surface area (Å²) in [6.45, 7) is 0.984. The van der Waals surface area contributed by atoms with Gasteiger partial charge in [0.15, 0.2) is 17.3 Å². The minimum atomic E-state index is -0.335. The van der Waals surface area contributed by atoms with Crippen LogP contribution in [0, 0.1) is 5.82 Å². The minimum Gasteiger partial charge on any atom is -0.493 e. The van der Waals surface area contributed by atoms with Gasteiger partial charge in [0.05, 0.1) is 20.4 Å². The van der Waals surface area contributed by atoms with Crippen molar-refractivity contribution in [3.8, 4) is 22.8 Å². The van der Waals surface area contributed by atoms with Gasteiger partial charge in [-0.25, -0.2) is 9.37 Å². The van der Waals surface area contributed by atoms with E-state index in [-0.39, 0.29) is 17.6 Å². The van der Waals surface area contributed by atoms with Crippen molar-refractivity contribution in [1.82, 2.24) is 9.88 Å². The van der Waals surface area contributed by atoms with Gasteiger partial charge in [-0.15, -0.1) is 0 Å². The van der Waals surface area contributed by atoms with Crippen molar-refractivity contribution in [2.45, 2.75) is 13.0 Å². The predicted octanol–water partition coefficient (Wildman–Crippen LogP) is 3.70. The largest absolute Gasteiger partial charge is 0.493 e. The molecule has 1 amide bonds. The lowest BCUT2D eigenvalue weighted by atomic mass is 9.98. The van der Waals surface area contributed by atoms with E-state index in [0.29, 0.717) is 42.3 Å². The van der Waals surface area contributed by atoms with E-state index in [0.717, 1.165) is 11.1 Å². The second kappa shape index (κ2) is 7.34. The van der Waals surface area contributed by atoms with Crippen LogP contribution in [0.25, 0.3) is 11.3 Å². The van der Waals surface area contributed by atoms with Gasteiger partial charge in [-0.05, 0) is 53.9 Å². The Morgan fingerprint density at radius 1 is 1.11 bits per heavy atom. The zero-order valence-electron chi connectivity index (χ0n) is 15.6. The smallest absolute Gasteiger partial charge is 0.310 e. The molecule has 0 saturated heterocycles. The molecule has 0 radical (unpaired) electrons. The van der Waals surface area contributed by atoms with E-state index >= 15 is 0 Å². The van der Waals surface area contributed by atoms with Crippen molar-refractivity contribution in [1.29, 1.82) is 0 Å². The predicted molar refractivity (Wildman–Crippen MR) is 99.9 cm³/mol. The molecule has 0 bridgehead atoms. The highest BCUT2D eigenvalue weighted by atomic mass is 19.1. The number of hydrogen-bond donors (Lipinski definition) is 0. The zero-order chi connectivity index (χ0) is 19.7. The summed E-state index contributed by atoms with van der Waals surface area (Å²) in [4.78, 5) is 18.6. The number of fused-ring (bicyclic) bond motifs is 1. The van der Waals surface area contributed by atoms with Gasteiger partial charge in [-0.3, -0.25) is 4.79 Å². The van der Waals surface area contributed by atoms with Gasteiger partial charge in [-0.1, -0.05) is 0 Å². The standard InChI is InChI=1S/C21H19FN2O4/c1-26-17-9-14-7-8-24(12-15(14)10-18(17)27-2)21(25)20-23-11-19(28-20)13-3-5-16(22)6-4-13/h3-6,9-11H,7-8,12H2,1-2H3. The van der Waals surface area contributed by atoms with Gasteiger partial charge in [-0.2, -0.15) is 0 Å². The third-order valence-corrected chi connectivity index (χ3v) is 4.82. The molecular formula is C21H19FN2O4. The summed E-state index contributed by atoms with van der Waals surface area (Å²) >= 11 is 0. The van der Waals surface area contributed by atoms with Crippen molar-refractivity contribution >= 4 is 5.91 Å². The summed E-state index contributed by atoms with van der Waals surface area (Å²) < 4.78 is 29.4. The number of amides is 1. The second-order valence-corrected chi connectivity index (χ2v) is 6.49. The Morgan fingerprint density at radius 3 is 2.46 bits per heavy atom. The molecule has 0 unspecified atom stereocenters. The maximum atomic E-state index is 13.1. The first-order valence-electron chi connectivity index (χ1n) is 8.84. The average molecular weight is 382 g/mol. The van der Waals surface area contributed by atoms with E-state index in [4.69, 9.17) is 13.9 Å². The molecule has 0 spiro atoms. The number of carbonyl (C=O) groups excluding carboxylic acids is 1. The molecule has 3 aromatic rings. The SMILES string of the molecule is COc1cc2c(cc1OC)CN(C(=O)c1ncc(-c3ccc(F)cc3)o1)CC2. The summed E-state index contributed by atoms with van der Waals surface area (Å²) in [6, 6.07) is 9.69. The monoisotopic (exact) mass is 382 g/mol. The fraction of sp³-hybridized carbons (Fsp3) is 0.238. The van der Waals surface area contributed by atoms with E-state index in [9.17, 15) is 9.18 Å². The van der Waals surface area contributed by atoms with Crippen molar-refractivity contribution < 1.29 is 23.1 Å². The van der Waals surface area contributed by atoms with Crippen LogP contribution in [0.15, 0.2) is 47.0 Å². The van der Waals surface area contributed by atoms with Crippen molar-refractivity contribution in [3.63, 3.8) is 0 Å². The molecule has 0 saturated carbocycles. The van der Waals surface area contributed by atoms with Gasteiger partial charge < -0.3 is 18.8 Å². The molecule has 0 N–H and O–H groups in total. The van der Waals surface area contributed by atoms with Crippen LogP contribution in [0.5, 0.6) is 11.5 Å². The van der Waals surface area contributed by atoms with Crippen LogP contribution in [-0.2, 0) is 13.0 Å². The van der Waals surface area contributed by atoms with Crippen LogP contribution < -0.4 is 9.47 Å². The molecular weight excluding hydrogens is 363 g/mol. The van der Waals surface area contributed by atoms with Crippen LogP contribution in [0.1, 0.15) is 21.8 Å². The number of rotatable bonds is 4. The molecule has 2 heterocycles. The van der Waals surface area contributed by atoms with E-state index in [1.807, 2.05) is 12.1 Å². The number of carbonyl (C=O) groups is 1. The molecule has 6 nitrogen and oxygen atoms in total. The maximum Gasteiger partial charge on any atom is 0.310 e. The number of hydrogen-bond acceptors (Lipinski definition) is 5. The Morgan fingerprint density at radius 2 is 1.79 bits per heavy atom. The van der Waals surface area contributed by atoms with Crippen LogP contribution in [-0.4, -0.2) is 36.6 Å². The van der Waals surface area contributed by atoms with Gasteiger partial charge >= 0.3 is 5.91 Å². The van der Waals surface area contributed by atoms with E-state index in [2.05, 4.69) is 4.98 Å². The molecule has 0 fully saturated rings. The summed E-state index contributed by atoms with van der Waals surface area (Å²) in [7, 11) is 3.18. The van der Waals surface area contributed by atoms with Crippen molar-refractivity contribution in [2.24, 2.45) is 0 Å². The van der Waals surface area contributed by atoms with E-state index < -0.39 is 0 Å². The number of benzene rings is 2. The first kappa shape index (κ1) is 18.0. The normalized spacial score (nSPS) is 13.2. The van der Waals surface area contributed by atoms with Gasteiger partial charge in [0.25, 0.3) is 5.89 Å². The van der Waals surface area contributed by atoms with Crippen molar-refractivity contribution in [3.05, 3.63) is 65.4 Å². The molecule has 0 aliphatic carbocycles. The lowest BCUT2D eigenvalue weighted by molar-refractivity contribution is 0.0695. The van der Waals surface area contributed by atoms with E-state index in [1.54, 1.807) is 31.3 Å². The number of ether oxygens (including phenoxy) is 2.